The standard InChI is InChI=1S/C18H14BNO4/c1-11-7-14(19)8-13-9-15(17(21)22)20(16(11)13)18(23)24-10-12-5-3-2-4-6-12/h2-9H,10H2,1H3,(H,21,22). The van der Waals surface area contributed by atoms with Gasteiger partial charge in [-0.15, -0.1) is 0 Å². The summed E-state index contributed by atoms with van der Waals surface area (Å²) in [7, 11) is 5.80. The third kappa shape index (κ3) is 2.90. The number of carboxylic acid groups (broad SMARTS) is 1. The number of carbonyl (C=O) groups excluding carboxylic acids is 1. The van der Waals surface area contributed by atoms with Crippen LogP contribution < -0.4 is 5.46 Å². The highest BCUT2D eigenvalue weighted by molar-refractivity contribution is 6.33. The van der Waals surface area contributed by atoms with Crippen molar-refractivity contribution in [1.82, 2.24) is 4.57 Å². The Bertz CT molecular complexity index is 931. The van der Waals surface area contributed by atoms with Crippen molar-refractivity contribution in [2.24, 2.45) is 0 Å². The van der Waals surface area contributed by atoms with Crippen LogP contribution in [0, 0.1) is 6.92 Å². The highest BCUT2D eigenvalue weighted by Gasteiger charge is 2.22. The third-order valence-electron chi connectivity index (χ3n) is 3.72. The predicted octanol–water partition coefficient (Wildman–Crippen LogP) is 2.63. The molecule has 2 radical (unpaired) electrons. The van der Waals surface area contributed by atoms with E-state index in [1.807, 2.05) is 30.3 Å². The van der Waals surface area contributed by atoms with E-state index in [0.717, 1.165) is 10.1 Å². The zero-order chi connectivity index (χ0) is 17.3. The Kier molecular flexibility index (Phi) is 4.12. The molecule has 1 N–H and O–H groups in total. The van der Waals surface area contributed by atoms with Crippen LogP contribution in [0.4, 0.5) is 4.79 Å². The molecule has 0 bridgehead atoms. The largest absolute Gasteiger partial charge is 0.477 e. The molecule has 0 unspecified atom stereocenters. The maximum Gasteiger partial charge on any atom is 0.419 e. The van der Waals surface area contributed by atoms with Crippen molar-refractivity contribution in [3.05, 3.63) is 65.4 Å². The highest BCUT2D eigenvalue weighted by Crippen LogP contribution is 2.23. The number of rotatable bonds is 3. The van der Waals surface area contributed by atoms with Crippen molar-refractivity contribution in [3.63, 3.8) is 0 Å². The molecule has 5 nitrogen and oxygen atoms in total. The van der Waals surface area contributed by atoms with Crippen molar-refractivity contribution in [1.29, 1.82) is 0 Å². The van der Waals surface area contributed by atoms with Crippen LogP contribution in [0.5, 0.6) is 0 Å². The first-order chi connectivity index (χ1) is 11.5. The normalized spacial score (nSPS) is 10.7. The molecular formula is C18H14BNO4. The van der Waals surface area contributed by atoms with Crippen LogP contribution in [0.25, 0.3) is 10.9 Å². The first kappa shape index (κ1) is 15.9. The summed E-state index contributed by atoms with van der Waals surface area (Å²) in [6, 6.07) is 13.9. The highest BCUT2D eigenvalue weighted by atomic mass is 16.5. The molecule has 118 valence electrons. The van der Waals surface area contributed by atoms with Crippen molar-refractivity contribution in [2.75, 3.05) is 0 Å². The number of nitrogens with zero attached hydrogens (tertiary/aromatic N) is 1. The Morgan fingerprint density at radius 3 is 2.54 bits per heavy atom. The second-order valence-electron chi connectivity index (χ2n) is 5.49. The van der Waals surface area contributed by atoms with Crippen LogP contribution in [-0.2, 0) is 11.3 Å². The number of ether oxygens (including phenoxy) is 1. The molecule has 2 aromatic carbocycles. The van der Waals surface area contributed by atoms with Crippen molar-refractivity contribution in [2.45, 2.75) is 13.5 Å². The van der Waals surface area contributed by atoms with Gasteiger partial charge in [-0.3, -0.25) is 0 Å². The number of hydrogen-bond donors (Lipinski definition) is 1. The first-order valence-electron chi connectivity index (χ1n) is 7.33. The monoisotopic (exact) mass is 319 g/mol. The molecule has 0 aliphatic carbocycles. The number of carboxylic acids is 1. The van der Waals surface area contributed by atoms with Gasteiger partial charge >= 0.3 is 12.1 Å². The second-order valence-corrected chi connectivity index (χ2v) is 5.49. The molecule has 24 heavy (non-hydrogen) atoms. The molecule has 0 atom stereocenters. The molecule has 1 heterocycles. The van der Waals surface area contributed by atoms with Gasteiger partial charge in [0.2, 0.25) is 0 Å². The molecule has 0 spiro atoms. The average molecular weight is 319 g/mol. The van der Waals surface area contributed by atoms with E-state index in [0.29, 0.717) is 21.9 Å². The third-order valence-corrected chi connectivity index (χ3v) is 3.72. The van der Waals surface area contributed by atoms with Gasteiger partial charge in [-0.1, -0.05) is 47.9 Å². The van der Waals surface area contributed by atoms with Gasteiger partial charge in [-0.2, -0.15) is 0 Å². The minimum absolute atomic E-state index is 0.0619. The van der Waals surface area contributed by atoms with Gasteiger partial charge in [-0.05, 0) is 24.1 Å². The van der Waals surface area contributed by atoms with E-state index in [9.17, 15) is 14.7 Å². The summed E-state index contributed by atoms with van der Waals surface area (Å²) in [5.41, 5.74) is 2.36. The zero-order valence-electron chi connectivity index (χ0n) is 13.0. The lowest BCUT2D eigenvalue weighted by Gasteiger charge is -2.10. The topological polar surface area (TPSA) is 68.5 Å². The molecule has 0 aliphatic rings. The fourth-order valence-corrected chi connectivity index (χ4v) is 2.71. The smallest absolute Gasteiger partial charge is 0.419 e. The number of hydrogen-bond acceptors (Lipinski definition) is 3. The summed E-state index contributed by atoms with van der Waals surface area (Å²) in [6.45, 7) is 1.83. The average Bonchev–Trinajstić information content (AvgIpc) is 2.93. The fourth-order valence-electron chi connectivity index (χ4n) is 2.71. The fraction of sp³-hybridized carbons (Fsp3) is 0.111. The van der Waals surface area contributed by atoms with Crippen LogP contribution in [0.3, 0.4) is 0 Å². The van der Waals surface area contributed by atoms with Crippen molar-refractivity contribution in [3.8, 4) is 0 Å². The number of aromatic nitrogens is 1. The van der Waals surface area contributed by atoms with E-state index in [1.54, 1.807) is 19.1 Å². The minimum atomic E-state index is -1.21. The summed E-state index contributed by atoms with van der Waals surface area (Å²) >= 11 is 0. The molecule has 1 aromatic heterocycles. The van der Waals surface area contributed by atoms with Crippen LogP contribution >= 0.6 is 0 Å². The summed E-state index contributed by atoms with van der Waals surface area (Å²) in [5.74, 6) is -1.21. The molecule has 0 saturated heterocycles. The van der Waals surface area contributed by atoms with Crippen LogP contribution in [0.2, 0.25) is 0 Å². The van der Waals surface area contributed by atoms with Gasteiger partial charge < -0.3 is 9.84 Å². The van der Waals surface area contributed by atoms with Gasteiger partial charge in [-0.25, -0.2) is 14.2 Å². The van der Waals surface area contributed by atoms with E-state index in [2.05, 4.69) is 0 Å². The molecule has 3 rings (SSSR count). The number of aryl methyl sites for hydroxylation is 1. The SMILES string of the molecule is [B]c1cc(C)c2c(c1)cc(C(=O)O)n2C(=O)OCc1ccccc1. The zero-order valence-corrected chi connectivity index (χ0v) is 13.0. The second kappa shape index (κ2) is 6.24. The minimum Gasteiger partial charge on any atom is -0.477 e. The number of aromatic carboxylic acids is 1. The van der Waals surface area contributed by atoms with E-state index >= 15 is 0 Å². The van der Waals surface area contributed by atoms with E-state index < -0.39 is 12.1 Å². The van der Waals surface area contributed by atoms with Crippen LogP contribution in [0.15, 0.2) is 48.5 Å². The van der Waals surface area contributed by atoms with E-state index in [4.69, 9.17) is 12.6 Å². The maximum absolute atomic E-state index is 12.5. The first-order valence-corrected chi connectivity index (χ1v) is 7.33. The summed E-state index contributed by atoms with van der Waals surface area (Å²) in [5, 5.41) is 9.99. The Morgan fingerprint density at radius 1 is 1.17 bits per heavy atom. The number of carbonyl (C=O) groups is 2. The molecule has 6 heteroatoms. The predicted molar refractivity (Wildman–Crippen MR) is 91.0 cm³/mol. The summed E-state index contributed by atoms with van der Waals surface area (Å²) in [4.78, 5) is 24.0. The summed E-state index contributed by atoms with van der Waals surface area (Å²) < 4.78 is 6.36. The molecule has 0 amide bonds. The number of fused-ring (bicyclic) bond motifs is 1. The summed E-state index contributed by atoms with van der Waals surface area (Å²) in [6.07, 6.45) is -0.737. The van der Waals surface area contributed by atoms with Gasteiger partial charge in [0.15, 0.2) is 0 Å². The van der Waals surface area contributed by atoms with E-state index in [-0.39, 0.29) is 12.3 Å². The number of benzene rings is 2. The Morgan fingerprint density at radius 2 is 1.88 bits per heavy atom. The Hall–Kier alpha value is -3.02. The Balaban J connectivity index is 2.02. The van der Waals surface area contributed by atoms with Gasteiger partial charge in [0.25, 0.3) is 0 Å². The molecule has 0 fully saturated rings. The molecule has 3 aromatic rings. The molecular weight excluding hydrogens is 305 g/mol. The van der Waals surface area contributed by atoms with Crippen LogP contribution in [-0.4, -0.2) is 29.6 Å². The van der Waals surface area contributed by atoms with Gasteiger partial charge in [0.05, 0.1) is 5.52 Å². The van der Waals surface area contributed by atoms with Gasteiger partial charge in [0.1, 0.15) is 20.1 Å². The van der Waals surface area contributed by atoms with Crippen molar-refractivity contribution >= 4 is 36.3 Å². The molecule has 0 saturated carbocycles. The lowest BCUT2D eigenvalue weighted by atomic mass is 9.93. The Labute approximate surface area is 139 Å². The quantitative estimate of drug-likeness (QED) is 0.754. The van der Waals surface area contributed by atoms with Crippen molar-refractivity contribution < 1.29 is 19.4 Å². The van der Waals surface area contributed by atoms with Gasteiger partial charge in [0, 0.05) is 5.39 Å². The lowest BCUT2D eigenvalue weighted by molar-refractivity contribution is 0.0681. The maximum atomic E-state index is 12.5. The molecule has 0 aliphatic heterocycles. The van der Waals surface area contributed by atoms with E-state index in [1.165, 1.54) is 6.07 Å². The lowest BCUT2D eigenvalue weighted by Crippen LogP contribution is -2.19. The van der Waals surface area contributed by atoms with Crippen LogP contribution in [0.1, 0.15) is 21.6 Å².